The van der Waals surface area contributed by atoms with Crippen molar-refractivity contribution in [3.63, 3.8) is 0 Å². The Bertz CT molecular complexity index is 820. The summed E-state index contributed by atoms with van der Waals surface area (Å²) in [5.74, 6) is 0.499. The number of halogens is 3. The Hall–Kier alpha value is -2.29. The number of carbonyl (C=O) groups is 1. The summed E-state index contributed by atoms with van der Waals surface area (Å²) in [6, 6.07) is 8.22. The molecule has 1 aliphatic carbocycles. The van der Waals surface area contributed by atoms with Crippen LogP contribution >= 0.6 is 11.8 Å². The van der Waals surface area contributed by atoms with Gasteiger partial charge in [0.05, 0.1) is 0 Å². The van der Waals surface area contributed by atoms with Crippen LogP contribution in [0.5, 0.6) is 0 Å². The summed E-state index contributed by atoms with van der Waals surface area (Å²) in [7, 11) is 3.25. The van der Waals surface area contributed by atoms with Crippen molar-refractivity contribution in [2.75, 3.05) is 19.0 Å². The van der Waals surface area contributed by atoms with Gasteiger partial charge in [0.15, 0.2) is 10.9 Å². The molecule has 0 unspecified atom stereocenters. The third-order valence-electron chi connectivity index (χ3n) is 3.94. The molecule has 1 fully saturated rings. The molecule has 0 bridgehead atoms. The number of nitrogens with one attached hydrogen (secondary N) is 1. The Kier molecular flexibility index (Phi) is 5.59. The maximum absolute atomic E-state index is 13.0. The lowest BCUT2D eigenvalue weighted by Crippen LogP contribution is -2.25. The Morgan fingerprint density at radius 1 is 1.22 bits per heavy atom. The van der Waals surface area contributed by atoms with E-state index in [1.165, 1.54) is 4.90 Å². The Morgan fingerprint density at radius 3 is 2.44 bits per heavy atom. The lowest BCUT2D eigenvalue weighted by Gasteiger charge is -2.15. The van der Waals surface area contributed by atoms with Gasteiger partial charge in [0.2, 0.25) is 0 Å². The molecule has 1 aromatic heterocycles. The van der Waals surface area contributed by atoms with Crippen LogP contribution in [0, 0.1) is 0 Å². The van der Waals surface area contributed by atoms with E-state index in [9.17, 15) is 18.0 Å². The van der Waals surface area contributed by atoms with Crippen LogP contribution in [0.2, 0.25) is 0 Å². The summed E-state index contributed by atoms with van der Waals surface area (Å²) in [6.07, 6.45) is -2.49. The van der Waals surface area contributed by atoms with Gasteiger partial charge in [0, 0.05) is 37.5 Å². The van der Waals surface area contributed by atoms with Gasteiger partial charge in [-0.2, -0.15) is 13.2 Å². The molecule has 1 amide bonds. The van der Waals surface area contributed by atoms with Crippen LogP contribution in [0.3, 0.4) is 0 Å². The number of rotatable bonds is 6. The zero-order valence-electron chi connectivity index (χ0n) is 14.9. The van der Waals surface area contributed by atoms with Gasteiger partial charge in [-0.05, 0) is 30.5 Å². The van der Waals surface area contributed by atoms with Crippen LogP contribution in [0.4, 0.5) is 19.0 Å². The minimum atomic E-state index is -4.53. The van der Waals surface area contributed by atoms with Crippen LogP contribution in [-0.2, 0) is 11.9 Å². The fourth-order valence-electron chi connectivity index (χ4n) is 2.25. The summed E-state index contributed by atoms with van der Waals surface area (Å²) >= 11 is 1.12. The van der Waals surface area contributed by atoms with E-state index < -0.39 is 11.9 Å². The van der Waals surface area contributed by atoms with E-state index in [0.717, 1.165) is 36.2 Å². The highest BCUT2D eigenvalue weighted by Gasteiger charge is 2.34. The molecule has 3 rings (SSSR count). The van der Waals surface area contributed by atoms with Crippen molar-refractivity contribution in [2.24, 2.45) is 0 Å². The van der Waals surface area contributed by atoms with Gasteiger partial charge in [-0.1, -0.05) is 23.9 Å². The van der Waals surface area contributed by atoms with E-state index in [-0.39, 0.29) is 22.9 Å². The molecule has 27 heavy (non-hydrogen) atoms. The molecule has 0 aliphatic heterocycles. The molecule has 1 heterocycles. The molecule has 1 N–H and O–H groups in total. The molecule has 144 valence electrons. The first-order valence-electron chi connectivity index (χ1n) is 8.38. The molecular formula is C18H19F3N4OS. The van der Waals surface area contributed by atoms with Gasteiger partial charge in [-0.25, -0.2) is 9.97 Å². The molecule has 0 atom stereocenters. The first-order valence-corrected chi connectivity index (χ1v) is 9.37. The molecular weight excluding hydrogens is 377 g/mol. The van der Waals surface area contributed by atoms with Gasteiger partial charge >= 0.3 is 6.18 Å². The van der Waals surface area contributed by atoms with E-state index in [1.807, 2.05) is 0 Å². The van der Waals surface area contributed by atoms with Crippen LogP contribution in [0.1, 0.15) is 34.5 Å². The third-order valence-corrected chi connectivity index (χ3v) is 4.86. The average molecular weight is 396 g/mol. The first-order chi connectivity index (χ1) is 12.7. The number of amides is 1. The van der Waals surface area contributed by atoms with E-state index in [1.54, 1.807) is 38.4 Å². The van der Waals surface area contributed by atoms with Crippen molar-refractivity contribution >= 4 is 23.5 Å². The van der Waals surface area contributed by atoms with Gasteiger partial charge in [0.1, 0.15) is 5.82 Å². The molecule has 0 saturated heterocycles. The number of hydrogen-bond acceptors (Lipinski definition) is 5. The lowest BCUT2D eigenvalue weighted by atomic mass is 10.1. The SMILES string of the molecule is CN(C)c1cc(C(F)(F)F)nc(SCc2ccc(C(=O)NC3CC3)cc2)n1. The molecule has 0 radical (unpaired) electrons. The fraction of sp³-hybridized carbons (Fsp3) is 0.389. The highest BCUT2D eigenvalue weighted by atomic mass is 32.2. The predicted octanol–water partition coefficient (Wildman–Crippen LogP) is 3.75. The summed E-state index contributed by atoms with van der Waals surface area (Å²) in [4.78, 5) is 21.3. The number of carbonyl (C=O) groups excluding carboxylic acids is 1. The second-order valence-electron chi connectivity index (χ2n) is 6.52. The number of nitrogens with zero attached hydrogens (tertiary/aromatic N) is 3. The topological polar surface area (TPSA) is 58.1 Å². The van der Waals surface area contributed by atoms with Crippen molar-refractivity contribution in [3.05, 3.63) is 47.2 Å². The number of alkyl halides is 3. The zero-order valence-corrected chi connectivity index (χ0v) is 15.7. The minimum absolute atomic E-state index is 0.0593. The minimum Gasteiger partial charge on any atom is -0.363 e. The van der Waals surface area contributed by atoms with Crippen molar-refractivity contribution in [3.8, 4) is 0 Å². The maximum atomic E-state index is 13.0. The van der Waals surface area contributed by atoms with Crippen molar-refractivity contribution in [1.82, 2.24) is 15.3 Å². The zero-order chi connectivity index (χ0) is 19.6. The predicted molar refractivity (Wildman–Crippen MR) is 97.9 cm³/mol. The largest absolute Gasteiger partial charge is 0.433 e. The number of hydrogen-bond donors (Lipinski definition) is 1. The quantitative estimate of drug-likeness (QED) is 0.595. The number of thioether (sulfide) groups is 1. The average Bonchev–Trinajstić information content (AvgIpc) is 3.43. The van der Waals surface area contributed by atoms with Gasteiger partial charge < -0.3 is 10.2 Å². The van der Waals surface area contributed by atoms with Gasteiger partial charge in [-0.15, -0.1) is 0 Å². The molecule has 9 heteroatoms. The summed E-state index contributed by atoms with van der Waals surface area (Å²) < 4.78 is 39.1. The summed E-state index contributed by atoms with van der Waals surface area (Å²) in [6.45, 7) is 0. The molecule has 1 saturated carbocycles. The Labute approximate surface area is 159 Å². The summed E-state index contributed by atoms with van der Waals surface area (Å²) in [5.41, 5.74) is 0.479. The van der Waals surface area contributed by atoms with E-state index in [2.05, 4.69) is 15.3 Å². The summed E-state index contributed by atoms with van der Waals surface area (Å²) in [5, 5.41) is 2.97. The number of benzene rings is 1. The normalized spacial score (nSPS) is 14.1. The highest BCUT2D eigenvalue weighted by Crippen LogP contribution is 2.31. The van der Waals surface area contributed by atoms with Gasteiger partial charge in [0.25, 0.3) is 5.91 Å². The van der Waals surface area contributed by atoms with E-state index in [0.29, 0.717) is 11.3 Å². The Morgan fingerprint density at radius 2 is 1.89 bits per heavy atom. The van der Waals surface area contributed by atoms with E-state index in [4.69, 9.17) is 0 Å². The second kappa shape index (κ2) is 7.75. The number of anilines is 1. The standard InChI is InChI=1S/C18H19F3N4OS/c1-25(2)15-9-14(18(19,20)21)23-17(24-15)27-10-11-3-5-12(6-4-11)16(26)22-13-7-8-13/h3-6,9,13H,7-8,10H2,1-2H3,(H,22,26). The van der Waals surface area contributed by atoms with Crippen molar-refractivity contribution < 1.29 is 18.0 Å². The molecule has 1 aromatic carbocycles. The molecule has 5 nitrogen and oxygen atoms in total. The van der Waals surface area contributed by atoms with Crippen molar-refractivity contribution in [1.29, 1.82) is 0 Å². The number of aromatic nitrogens is 2. The third kappa shape index (κ3) is 5.35. The Balaban J connectivity index is 1.68. The smallest absolute Gasteiger partial charge is 0.363 e. The maximum Gasteiger partial charge on any atom is 0.433 e. The lowest BCUT2D eigenvalue weighted by molar-refractivity contribution is -0.141. The van der Waals surface area contributed by atoms with E-state index >= 15 is 0 Å². The first kappa shape index (κ1) is 19.5. The molecule has 1 aliphatic rings. The van der Waals surface area contributed by atoms with Crippen LogP contribution in [-0.4, -0.2) is 36.0 Å². The van der Waals surface area contributed by atoms with Crippen molar-refractivity contribution in [2.45, 2.75) is 36.0 Å². The molecule has 2 aromatic rings. The van der Waals surface area contributed by atoms with Crippen LogP contribution < -0.4 is 10.2 Å². The highest BCUT2D eigenvalue weighted by molar-refractivity contribution is 7.98. The fourth-order valence-corrected chi connectivity index (χ4v) is 3.06. The molecule has 0 spiro atoms. The second-order valence-corrected chi connectivity index (χ2v) is 7.46. The van der Waals surface area contributed by atoms with Crippen LogP contribution in [0.25, 0.3) is 0 Å². The van der Waals surface area contributed by atoms with Gasteiger partial charge in [-0.3, -0.25) is 4.79 Å². The van der Waals surface area contributed by atoms with Crippen LogP contribution in [0.15, 0.2) is 35.5 Å². The monoisotopic (exact) mass is 396 g/mol.